The lowest BCUT2D eigenvalue weighted by Gasteiger charge is -2.33. The smallest absolute Gasteiger partial charge is 0.146 e. The van der Waals surface area contributed by atoms with Gasteiger partial charge in [0.1, 0.15) is 11.6 Å². The lowest BCUT2D eigenvalue weighted by atomic mass is 9.94. The van der Waals surface area contributed by atoms with E-state index in [9.17, 15) is 8.78 Å². The summed E-state index contributed by atoms with van der Waals surface area (Å²) in [7, 11) is 0. The Morgan fingerprint density at radius 2 is 1.75 bits per heavy atom. The van der Waals surface area contributed by atoms with E-state index in [4.69, 9.17) is 0 Å². The number of likely N-dealkylation sites (N-methyl/N-ethyl adjacent to an activating group) is 1. The van der Waals surface area contributed by atoms with Gasteiger partial charge in [0.15, 0.2) is 0 Å². The molecule has 0 atom stereocenters. The van der Waals surface area contributed by atoms with Gasteiger partial charge in [0, 0.05) is 22.2 Å². The van der Waals surface area contributed by atoms with Crippen molar-refractivity contribution in [2.24, 2.45) is 0 Å². The van der Waals surface area contributed by atoms with Crippen LogP contribution in [-0.2, 0) is 0 Å². The van der Waals surface area contributed by atoms with Crippen molar-refractivity contribution in [2.45, 2.75) is 6.92 Å². The van der Waals surface area contributed by atoms with Gasteiger partial charge in [-0.1, -0.05) is 43.0 Å². The molecule has 0 amide bonds. The fourth-order valence-electron chi connectivity index (χ4n) is 2.87. The molecule has 0 saturated carbocycles. The Morgan fingerprint density at radius 3 is 2.38 bits per heavy atom. The molecule has 0 unspecified atom stereocenters. The Balaban J connectivity index is 2.37. The molecule has 1 aliphatic rings. The van der Waals surface area contributed by atoms with Crippen molar-refractivity contribution < 1.29 is 8.78 Å². The monoisotopic (exact) mass is 387 g/mol. The highest BCUT2D eigenvalue weighted by Gasteiger charge is 2.28. The van der Waals surface area contributed by atoms with E-state index >= 15 is 0 Å². The molecule has 4 heteroatoms. The molecule has 1 heterocycles. The van der Waals surface area contributed by atoms with Crippen LogP contribution in [0.15, 0.2) is 77.2 Å². The highest BCUT2D eigenvalue weighted by atomic mass is 79.9. The van der Waals surface area contributed by atoms with Gasteiger partial charge in [-0.2, -0.15) is 0 Å². The predicted octanol–water partition coefficient (Wildman–Crippen LogP) is 6.16. The third-order valence-corrected chi connectivity index (χ3v) is 4.66. The van der Waals surface area contributed by atoms with E-state index in [1.165, 1.54) is 12.1 Å². The van der Waals surface area contributed by atoms with Crippen molar-refractivity contribution in [1.82, 2.24) is 4.90 Å². The molecule has 122 valence electrons. The first-order chi connectivity index (χ1) is 11.5. The van der Waals surface area contributed by atoms with Crippen LogP contribution in [0.5, 0.6) is 0 Å². The highest BCUT2D eigenvalue weighted by molar-refractivity contribution is 9.10. The van der Waals surface area contributed by atoms with Gasteiger partial charge in [0.05, 0.1) is 11.4 Å². The molecular weight excluding hydrogens is 372 g/mol. The first kappa shape index (κ1) is 16.7. The molecule has 0 radical (unpaired) electrons. The zero-order valence-electron chi connectivity index (χ0n) is 13.2. The quantitative estimate of drug-likeness (QED) is 0.609. The number of halogens is 3. The maximum Gasteiger partial charge on any atom is 0.146 e. The minimum Gasteiger partial charge on any atom is -0.339 e. The van der Waals surface area contributed by atoms with Gasteiger partial charge in [0.25, 0.3) is 0 Å². The zero-order valence-corrected chi connectivity index (χ0v) is 14.8. The minimum absolute atomic E-state index is 0.238. The number of nitrogens with zero attached hydrogens (tertiary/aromatic N) is 1. The van der Waals surface area contributed by atoms with Gasteiger partial charge in [-0.15, -0.1) is 0 Å². The molecule has 1 aliphatic heterocycles. The molecule has 0 spiro atoms. The second kappa shape index (κ2) is 6.73. The van der Waals surface area contributed by atoms with E-state index in [0.717, 1.165) is 5.56 Å². The number of allylic oxidation sites excluding steroid dienone is 3. The molecular formula is C20H16BrF2N. The van der Waals surface area contributed by atoms with E-state index in [1.54, 1.807) is 17.0 Å². The second-order valence-electron chi connectivity index (χ2n) is 5.41. The standard InChI is InChI=1S/C20H16BrF2N/c1-3-24-13(2)18(23)12-15(14-8-5-4-6-9-14)20(24)19-16(21)10-7-11-17(19)22/h4-12H,2-3H2,1H3. The third kappa shape index (κ3) is 2.82. The highest BCUT2D eigenvalue weighted by Crippen LogP contribution is 2.42. The van der Waals surface area contributed by atoms with Crippen molar-refractivity contribution in [1.29, 1.82) is 0 Å². The predicted molar refractivity (Wildman–Crippen MR) is 98.1 cm³/mol. The number of hydrogen-bond donors (Lipinski definition) is 0. The summed E-state index contributed by atoms with van der Waals surface area (Å²) in [6, 6.07) is 14.2. The van der Waals surface area contributed by atoms with Crippen molar-refractivity contribution in [3.05, 3.63) is 94.1 Å². The molecule has 2 aromatic carbocycles. The van der Waals surface area contributed by atoms with Crippen LogP contribution >= 0.6 is 15.9 Å². The van der Waals surface area contributed by atoms with Crippen molar-refractivity contribution in [3.63, 3.8) is 0 Å². The van der Waals surface area contributed by atoms with Crippen LogP contribution in [-0.4, -0.2) is 11.4 Å². The lowest BCUT2D eigenvalue weighted by molar-refractivity contribution is 0.475. The van der Waals surface area contributed by atoms with E-state index in [2.05, 4.69) is 22.5 Å². The van der Waals surface area contributed by atoms with Crippen LogP contribution in [0.25, 0.3) is 11.3 Å². The molecule has 0 saturated heterocycles. The first-order valence-electron chi connectivity index (χ1n) is 7.62. The maximum absolute atomic E-state index is 14.6. The molecule has 3 rings (SSSR count). The summed E-state index contributed by atoms with van der Waals surface area (Å²) in [6.07, 6.45) is 1.43. The molecule has 0 bridgehead atoms. The lowest BCUT2D eigenvalue weighted by Crippen LogP contribution is -2.25. The summed E-state index contributed by atoms with van der Waals surface area (Å²) in [6.45, 7) is 6.19. The van der Waals surface area contributed by atoms with Gasteiger partial charge in [-0.3, -0.25) is 0 Å². The van der Waals surface area contributed by atoms with Crippen LogP contribution in [0.2, 0.25) is 0 Å². The number of rotatable bonds is 3. The number of benzene rings is 2. The average molecular weight is 388 g/mol. The van der Waals surface area contributed by atoms with Gasteiger partial charge >= 0.3 is 0 Å². The van der Waals surface area contributed by atoms with Gasteiger partial charge in [-0.05, 0) is 46.6 Å². The topological polar surface area (TPSA) is 3.24 Å². The summed E-state index contributed by atoms with van der Waals surface area (Å²) < 4.78 is 29.7. The van der Waals surface area contributed by atoms with Crippen LogP contribution in [0.4, 0.5) is 8.78 Å². The minimum atomic E-state index is -0.410. The molecule has 2 aromatic rings. The molecule has 0 aromatic heterocycles. The molecule has 1 nitrogen and oxygen atoms in total. The Morgan fingerprint density at radius 1 is 1.04 bits per heavy atom. The maximum atomic E-state index is 14.6. The van der Waals surface area contributed by atoms with Crippen LogP contribution in [0.3, 0.4) is 0 Å². The van der Waals surface area contributed by atoms with E-state index in [0.29, 0.717) is 27.9 Å². The zero-order chi connectivity index (χ0) is 17.3. The largest absolute Gasteiger partial charge is 0.339 e. The van der Waals surface area contributed by atoms with Crippen LogP contribution < -0.4 is 0 Å². The van der Waals surface area contributed by atoms with Gasteiger partial charge in [0.2, 0.25) is 0 Å². The summed E-state index contributed by atoms with van der Waals surface area (Å²) in [5.41, 5.74) is 2.71. The Kier molecular flexibility index (Phi) is 4.67. The normalized spacial score (nSPS) is 14.9. The second-order valence-corrected chi connectivity index (χ2v) is 6.26. The van der Waals surface area contributed by atoms with Crippen LogP contribution in [0, 0.1) is 5.82 Å². The van der Waals surface area contributed by atoms with Crippen LogP contribution in [0.1, 0.15) is 18.1 Å². The third-order valence-electron chi connectivity index (χ3n) is 4.00. The van der Waals surface area contributed by atoms with Gasteiger partial charge in [-0.25, -0.2) is 8.78 Å². The molecule has 0 fully saturated rings. The number of hydrogen-bond acceptors (Lipinski definition) is 1. The summed E-state index contributed by atoms with van der Waals surface area (Å²) in [5, 5.41) is 0. The summed E-state index contributed by atoms with van der Waals surface area (Å²) in [5.74, 6) is -0.776. The average Bonchev–Trinajstić information content (AvgIpc) is 2.58. The first-order valence-corrected chi connectivity index (χ1v) is 8.42. The van der Waals surface area contributed by atoms with Crippen molar-refractivity contribution in [2.75, 3.05) is 6.54 Å². The Hall–Kier alpha value is -2.20. The SMILES string of the molecule is C=C1C(F)=CC(c2ccccc2)=C(c2c(F)cccc2Br)N1CC. The van der Waals surface area contributed by atoms with Gasteiger partial charge < -0.3 is 4.90 Å². The fraction of sp³-hybridized carbons (Fsp3) is 0.100. The molecule has 0 N–H and O–H groups in total. The van der Waals surface area contributed by atoms with Crippen molar-refractivity contribution in [3.8, 4) is 0 Å². The molecule has 0 aliphatic carbocycles. The Labute approximate surface area is 148 Å². The van der Waals surface area contributed by atoms with E-state index in [1.807, 2.05) is 37.3 Å². The van der Waals surface area contributed by atoms with E-state index in [-0.39, 0.29) is 11.5 Å². The summed E-state index contributed by atoms with van der Waals surface area (Å²) in [4.78, 5) is 1.71. The summed E-state index contributed by atoms with van der Waals surface area (Å²) >= 11 is 3.43. The fourth-order valence-corrected chi connectivity index (χ4v) is 3.40. The van der Waals surface area contributed by atoms with E-state index < -0.39 is 5.83 Å². The molecule has 24 heavy (non-hydrogen) atoms. The Bertz CT molecular complexity index is 833. The van der Waals surface area contributed by atoms with Crippen molar-refractivity contribution >= 4 is 27.2 Å².